The summed E-state index contributed by atoms with van der Waals surface area (Å²) in [6.07, 6.45) is 2.14. The summed E-state index contributed by atoms with van der Waals surface area (Å²) in [5, 5.41) is 1.53. The van der Waals surface area contributed by atoms with Crippen molar-refractivity contribution < 1.29 is 19.2 Å². The van der Waals surface area contributed by atoms with Gasteiger partial charge >= 0.3 is 12.1 Å². The van der Waals surface area contributed by atoms with Crippen molar-refractivity contribution in [3.8, 4) is 0 Å². The van der Waals surface area contributed by atoms with E-state index in [1.54, 1.807) is 30.3 Å². The van der Waals surface area contributed by atoms with Gasteiger partial charge in [0.05, 0.1) is 5.56 Å². The molecule has 0 atom stereocenters. The van der Waals surface area contributed by atoms with Gasteiger partial charge in [0.2, 0.25) is 0 Å². The van der Waals surface area contributed by atoms with Gasteiger partial charge < -0.3 is 9.57 Å². The lowest BCUT2D eigenvalue weighted by Gasteiger charge is -2.23. The van der Waals surface area contributed by atoms with Crippen LogP contribution >= 0.6 is 0 Å². The number of rotatable bonds is 2. The van der Waals surface area contributed by atoms with Crippen LogP contribution in [0, 0.1) is 0 Å². The Morgan fingerprint density at radius 1 is 1.00 bits per heavy atom. The first-order valence-corrected chi connectivity index (χ1v) is 6.00. The van der Waals surface area contributed by atoms with Crippen molar-refractivity contribution in [1.29, 1.82) is 0 Å². The number of hydrogen-bond donors (Lipinski definition) is 0. The minimum Gasteiger partial charge on any atom is -0.355 e. The Labute approximate surface area is 105 Å². The molecule has 96 valence electrons. The molecule has 0 N–H and O–H groups in total. The van der Waals surface area contributed by atoms with E-state index in [0.29, 0.717) is 18.7 Å². The third kappa shape index (κ3) is 3.56. The Hall–Kier alpha value is -1.88. The number of piperidine rings is 1. The van der Waals surface area contributed by atoms with Crippen molar-refractivity contribution in [3.05, 3.63) is 35.9 Å². The SMILES string of the molecule is O=C(OC(=O)c1ccccc1)ON1CCCCC1. The second kappa shape index (κ2) is 6.16. The molecule has 0 aromatic heterocycles. The van der Waals surface area contributed by atoms with Gasteiger partial charge in [-0.15, -0.1) is 5.06 Å². The smallest absolute Gasteiger partial charge is 0.355 e. The summed E-state index contributed by atoms with van der Waals surface area (Å²) in [5.41, 5.74) is 0.327. The molecule has 0 saturated carbocycles. The van der Waals surface area contributed by atoms with E-state index in [4.69, 9.17) is 4.84 Å². The lowest BCUT2D eigenvalue weighted by Crippen LogP contribution is -2.33. The molecule has 1 aromatic carbocycles. The van der Waals surface area contributed by atoms with Crippen LogP contribution in [0.3, 0.4) is 0 Å². The van der Waals surface area contributed by atoms with Crippen LogP contribution in [0.25, 0.3) is 0 Å². The molecule has 1 saturated heterocycles. The first kappa shape index (κ1) is 12.6. The highest BCUT2D eigenvalue weighted by Crippen LogP contribution is 2.10. The third-order valence-corrected chi connectivity index (χ3v) is 2.70. The second-order valence-corrected chi connectivity index (χ2v) is 4.09. The zero-order chi connectivity index (χ0) is 12.8. The van der Waals surface area contributed by atoms with Gasteiger partial charge in [0.15, 0.2) is 0 Å². The van der Waals surface area contributed by atoms with Gasteiger partial charge in [-0.1, -0.05) is 24.6 Å². The Balaban J connectivity index is 1.82. The van der Waals surface area contributed by atoms with E-state index in [1.165, 1.54) is 5.06 Å². The predicted molar refractivity (Wildman–Crippen MR) is 63.8 cm³/mol. The minimum absolute atomic E-state index is 0.327. The molecule has 0 unspecified atom stereocenters. The van der Waals surface area contributed by atoms with Crippen LogP contribution in [-0.4, -0.2) is 30.3 Å². The number of nitrogens with zero attached hydrogens (tertiary/aromatic N) is 1. The Morgan fingerprint density at radius 2 is 1.67 bits per heavy atom. The maximum Gasteiger partial charge on any atom is 0.536 e. The molecule has 18 heavy (non-hydrogen) atoms. The van der Waals surface area contributed by atoms with Crippen LogP contribution in [0.15, 0.2) is 30.3 Å². The number of hydroxylamine groups is 2. The summed E-state index contributed by atoms with van der Waals surface area (Å²) in [7, 11) is 0. The van der Waals surface area contributed by atoms with Crippen molar-refractivity contribution in [2.45, 2.75) is 19.3 Å². The molecule has 0 radical (unpaired) electrons. The van der Waals surface area contributed by atoms with Gasteiger partial charge in [0, 0.05) is 13.1 Å². The van der Waals surface area contributed by atoms with E-state index in [2.05, 4.69) is 4.74 Å². The molecule has 5 heteroatoms. The van der Waals surface area contributed by atoms with Crippen molar-refractivity contribution in [1.82, 2.24) is 5.06 Å². The fourth-order valence-electron chi connectivity index (χ4n) is 1.79. The molecule has 1 heterocycles. The van der Waals surface area contributed by atoms with E-state index in [1.807, 2.05) is 0 Å². The van der Waals surface area contributed by atoms with Crippen LogP contribution in [-0.2, 0) is 9.57 Å². The molecule has 5 nitrogen and oxygen atoms in total. The molecule has 0 spiro atoms. The highest BCUT2D eigenvalue weighted by molar-refractivity contribution is 5.95. The molecule has 1 aromatic rings. The minimum atomic E-state index is -0.967. The normalized spacial score (nSPS) is 16.0. The molecule has 0 amide bonds. The quantitative estimate of drug-likeness (QED) is 0.595. The van der Waals surface area contributed by atoms with Crippen molar-refractivity contribution in [2.24, 2.45) is 0 Å². The maximum absolute atomic E-state index is 11.6. The van der Waals surface area contributed by atoms with Gasteiger partial charge in [-0.2, -0.15) is 0 Å². The number of benzene rings is 1. The van der Waals surface area contributed by atoms with Crippen molar-refractivity contribution >= 4 is 12.1 Å². The van der Waals surface area contributed by atoms with Gasteiger partial charge in [-0.25, -0.2) is 9.59 Å². The standard InChI is InChI=1S/C13H15NO4/c15-12(11-7-3-1-4-8-11)17-13(16)18-14-9-5-2-6-10-14/h1,3-4,7-8H,2,5-6,9-10H2. The van der Waals surface area contributed by atoms with E-state index < -0.39 is 12.1 Å². The van der Waals surface area contributed by atoms with Gasteiger partial charge in [-0.3, -0.25) is 0 Å². The third-order valence-electron chi connectivity index (χ3n) is 2.70. The molecular weight excluding hydrogens is 234 g/mol. The molecule has 1 fully saturated rings. The average Bonchev–Trinajstić information content (AvgIpc) is 2.40. The molecule has 0 aliphatic carbocycles. The lowest BCUT2D eigenvalue weighted by atomic mass is 10.2. The molecule has 1 aliphatic heterocycles. The van der Waals surface area contributed by atoms with E-state index in [-0.39, 0.29) is 0 Å². The van der Waals surface area contributed by atoms with Crippen molar-refractivity contribution in [2.75, 3.05) is 13.1 Å². The van der Waals surface area contributed by atoms with Gasteiger partial charge in [0.25, 0.3) is 0 Å². The first-order valence-electron chi connectivity index (χ1n) is 6.00. The average molecular weight is 249 g/mol. The lowest BCUT2D eigenvalue weighted by molar-refractivity contribution is -0.130. The molecule has 2 rings (SSSR count). The van der Waals surface area contributed by atoms with Crippen LogP contribution in [0.2, 0.25) is 0 Å². The van der Waals surface area contributed by atoms with Crippen LogP contribution in [0.1, 0.15) is 29.6 Å². The molecular formula is C13H15NO4. The number of carbonyl (C=O) groups is 2. The van der Waals surface area contributed by atoms with E-state index in [9.17, 15) is 9.59 Å². The molecule has 1 aliphatic rings. The van der Waals surface area contributed by atoms with Gasteiger partial charge in [-0.05, 0) is 25.0 Å². The second-order valence-electron chi connectivity index (χ2n) is 4.09. The highest BCUT2D eigenvalue weighted by atomic mass is 16.8. The monoisotopic (exact) mass is 249 g/mol. The Bertz CT molecular complexity index is 412. The van der Waals surface area contributed by atoms with E-state index >= 15 is 0 Å². The van der Waals surface area contributed by atoms with Gasteiger partial charge in [0.1, 0.15) is 0 Å². The van der Waals surface area contributed by atoms with Crippen LogP contribution in [0.4, 0.5) is 4.79 Å². The summed E-state index contributed by atoms with van der Waals surface area (Å²) in [5.74, 6) is -0.697. The number of carbonyl (C=O) groups excluding carboxylic acids is 2. The summed E-state index contributed by atoms with van der Waals surface area (Å²) in [6, 6.07) is 8.34. The van der Waals surface area contributed by atoms with E-state index in [0.717, 1.165) is 19.3 Å². The summed E-state index contributed by atoms with van der Waals surface area (Å²) in [4.78, 5) is 27.9. The Kier molecular flexibility index (Phi) is 4.30. The van der Waals surface area contributed by atoms with Crippen molar-refractivity contribution in [3.63, 3.8) is 0 Å². The maximum atomic E-state index is 11.6. The predicted octanol–water partition coefficient (Wildman–Crippen LogP) is 2.38. The number of ether oxygens (including phenoxy) is 1. The largest absolute Gasteiger partial charge is 0.536 e. The fourth-order valence-corrected chi connectivity index (χ4v) is 1.79. The first-order chi connectivity index (χ1) is 8.75. The Morgan fingerprint density at radius 3 is 2.33 bits per heavy atom. The van der Waals surface area contributed by atoms with Crippen LogP contribution in [0.5, 0.6) is 0 Å². The fraction of sp³-hybridized carbons (Fsp3) is 0.385. The number of esters is 1. The summed E-state index contributed by atoms with van der Waals surface area (Å²) >= 11 is 0. The van der Waals surface area contributed by atoms with Crippen LogP contribution < -0.4 is 0 Å². The summed E-state index contributed by atoms with van der Waals surface area (Å²) < 4.78 is 4.60. The topological polar surface area (TPSA) is 55.8 Å². The highest BCUT2D eigenvalue weighted by Gasteiger charge is 2.19. The summed E-state index contributed by atoms with van der Waals surface area (Å²) in [6.45, 7) is 1.38. The zero-order valence-corrected chi connectivity index (χ0v) is 10.0. The molecule has 0 bridgehead atoms. The number of hydrogen-bond acceptors (Lipinski definition) is 5. The zero-order valence-electron chi connectivity index (χ0n) is 10.0.